The summed E-state index contributed by atoms with van der Waals surface area (Å²) in [4.78, 5) is 23.9. The van der Waals surface area contributed by atoms with E-state index in [1.165, 1.54) is 6.21 Å². The minimum absolute atomic E-state index is 0.0416. The lowest BCUT2D eigenvalue weighted by molar-refractivity contribution is -0.124. The Morgan fingerprint density at radius 1 is 1.00 bits per heavy atom. The average molecular weight is 383 g/mol. The Morgan fingerprint density at radius 2 is 1.71 bits per heavy atom. The molecule has 2 aromatic carbocycles. The number of amides is 2. The van der Waals surface area contributed by atoms with Crippen LogP contribution < -0.4 is 20.2 Å². The van der Waals surface area contributed by atoms with Crippen molar-refractivity contribution in [3.63, 3.8) is 0 Å². The third-order valence-electron chi connectivity index (χ3n) is 4.27. The van der Waals surface area contributed by atoms with Crippen LogP contribution in [0, 0.1) is 13.8 Å². The molecule has 0 spiro atoms. The molecular weight excluding hydrogens is 358 g/mol. The molecule has 0 radical (unpaired) electrons. The first kappa shape index (κ1) is 21.0. The third kappa shape index (κ3) is 5.84. The molecular formula is C21H25N3O4. The lowest BCUT2D eigenvalue weighted by Crippen LogP contribution is -2.21. The maximum Gasteiger partial charge on any atom is 0.240 e. The number of benzene rings is 2. The summed E-state index contributed by atoms with van der Waals surface area (Å²) in [7, 11) is 3.10. The molecule has 7 heteroatoms. The van der Waals surface area contributed by atoms with Crippen molar-refractivity contribution in [3.05, 3.63) is 53.1 Å². The topological polar surface area (TPSA) is 89.0 Å². The molecule has 0 saturated carbocycles. The van der Waals surface area contributed by atoms with E-state index in [1.807, 2.05) is 32.0 Å². The number of carbonyl (C=O) groups excluding carboxylic acids is 2. The van der Waals surface area contributed by atoms with E-state index in [4.69, 9.17) is 9.47 Å². The van der Waals surface area contributed by atoms with Crippen LogP contribution in [0.4, 0.5) is 5.69 Å². The van der Waals surface area contributed by atoms with Crippen molar-refractivity contribution in [3.8, 4) is 11.5 Å². The van der Waals surface area contributed by atoms with Crippen LogP contribution in [0.3, 0.4) is 0 Å². The molecule has 2 aromatic rings. The average Bonchev–Trinajstić information content (AvgIpc) is 2.69. The van der Waals surface area contributed by atoms with Crippen LogP contribution in [0.1, 0.15) is 29.5 Å². The van der Waals surface area contributed by atoms with Gasteiger partial charge in [0.05, 0.1) is 20.4 Å². The van der Waals surface area contributed by atoms with Gasteiger partial charge in [-0.1, -0.05) is 12.1 Å². The van der Waals surface area contributed by atoms with E-state index in [9.17, 15) is 9.59 Å². The third-order valence-corrected chi connectivity index (χ3v) is 4.27. The van der Waals surface area contributed by atoms with Gasteiger partial charge in [0.25, 0.3) is 0 Å². The summed E-state index contributed by atoms with van der Waals surface area (Å²) < 4.78 is 10.4. The highest BCUT2D eigenvalue weighted by Crippen LogP contribution is 2.26. The highest BCUT2D eigenvalue weighted by Gasteiger charge is 2.09. The highest BCUT2D eigenvalue weighted by atomic mass is 16.5. The largest absolute Gasteiger partial charge is 0.493 e. The number of aryl methyl sites for hydroxylation is 1. The number of anilines is 1. The van der Waals surface area contributed by atoms with Gasteiger partial charge in [-0.2, -0.15) is 5.10 Å². The van der Waals surface area contributed by atoms with Crippen LogP contribution in [-0.4, -0.2) is 32.2 Å². The molecule has 0 aliphatic carbocycles. The van der Waals surface area contributed by atoms with Gasteiger partial charge in [-0.15, -0.1) is 0 Å². The first-order chi connectivity index (χ1) is 13.4. The molecule has 0 atom stereocenters. The van der Waals surface area contributed by atoms with Crippen molar-refractivity contribution in [2.24, 2.45) is 5.10 Å². The van der Waals surface area contributed by atoms with Crippen molar-refractivity contribution in [2.75, 3.05) is 19.5 Å². The highest BCUT2D eigenvalue weighted by molar-refractivity contribution is 5.94. The Morgan fingerprint density at radius 3 is 2.43 bits per heavy atom. The second-order valence-electron chi connectivity index (χ2n) is 6.20. The number of methoxy groups -OCH3 is 2. The summed E-state index contributed by atoms with van der Waals surface area (Å²) in [5.41, 5.74) is 6.03. The van der Waals surface area contributed by atoms with Gasteiger partial charge in [0.2, 0.25) is 11.8 Å². The standard InChI is InChI=1S/C21H25N3O4/c1-14-6-5-7-17(15(14)2)23-20(25)10-11-21(26)24-22-13-16-8-9-18(27-3)19(12-16)28-4/h5-9,12-13H,10-11H2,1-4H3,(H,23,25)(H,24,26). The van der Waals surface area contributed by atoms with E-state index in [0.717, 1.165) is 22.4 Å². The van der Waals surface area contributed by atoms with Crippen molar-refractivity contribution >= 4 is 23.7 Å². The molecule has 148 valence electrons. The van der Waals surface area contributed by atoms with Gasteiger partial charge >= 0.3 is 0 Å². The van der Waals surface area contributed by atoms with Crippen LogP contribution in [0.5, 0.6) is 11.5 Å². The Labute approximate surface area is 164 Å². The summed E-state index contributed by atoms with van der Waals surface area (Å²) in [6, 6.07) is 11.0. The number of carbonyl (C=O) groups is 2. The second kappa shape index (κ2) is 10.1. The molecule has 2 rings (SSSR count). The summed E-state index contributed by atoms with van der Waals surface area (Å²) in [6.07, 6.45) is 1.61. The van der Waals surface area contributed by atoms with Gasteiger partial charge in [0.15, 0.2) is 11.5 Å². The molecule has 0 aliphatic heterocycles. The van der Waals surface area contributed by atoms with Gasteiger partial charge in [-0.05, 0) is 54.8 Å². The minimum Gasteiger partial charge on any atom is -0.493 e. The molecule has 0 bridgehead atoms. The van der Waals surface area contributed by atoms with E-state index in [-0.39, 0.29) is 24.7 Å². The zero-order chi connectivity index (χ0) is 20.5. The summed E-state index contributed by atoms with van der Waals surface area (Å²) in [6.45, 7) is 3.93. The summed E-state index contributed by atoms with van der Waals surface area (Å²) in [5.74, 6) is 0.625. The predicted octanol–water partition coefficient (Wildman–Crippen LogP) is 3.19. The maximum atomic E-state index is 12.1. The van der Waals surface area contributed by atoms with E-state index in [1.54, 1.807) is 32.4 Å². The van der Waals surface area contributed by atoms with E-state index < -0.39 is 0 Å². The second-order valence-corrected chi connectivity index (χ2v) is 6.20. The smallest absolute Gasteiger partial charge is 0.240 e. The van der Waals surface area contributed by atoms with Crippen molar-refractivity contribution in [1.29, 1.82) is 0 Å². The van der Waals surface area contributed by atoms with Crippen LogP contribution in [-0.2, 0) is 9.59 Å². The van der Waals surface area contributed by atoms with Crippen LogP contribution in [0.15, 0.2) is 41.5 Å². The molecule has 0 aliphatic rings. The SMILES string of the molecule is COc1ccc(C=NNC(=O)CCC(=O)Nc2cccc(C)c2C)cc1OC. The number of hydrogen-bond donors (Lipinski definition) is 2. The first-order valence-corrected chi connectivity index (χ1v) is 8.84. The van der Waals surface area contributed by atoms with Crippen LogP contribution >= 0.6 is 0 Å². The first-order valence-electron chi connectivity index (χ1n) is 8.84. The summed E-state index contributed by atoms with van der Waals surface area (Å²) >= 11 is 0. The fourth-order valence-electron chi connectivity index (χ4n) is 2.49. The molecule has 28 heavy (non-hydrogen) atoms. The predicted molar refractivity (Wildman–Crippen MR) is 109 cm³/mol. The molecule has 0 fully saturated rings. The van der Waals surface area contributed by atoms with E-state index >= 15 is 0 Å². The molecule has 2 N–H and O–H groups in total. The maximum absolute atomic E-state index is 12.1. The fraction of sp³-hybridized carbons (Fsp3) is 0.286. The molecule has 0 unspecified atom stereocenters. The lowest BCUT2D eigenvalue weighted by Gasteiger charge is -2.10. The van der Waals surface area contributed by atoms with Crippen molar-refractivity contribution < 1.29 is 19.1 Å². The lowest BCUT2D eigenvalue weighted by atomic mass is 10.1. The van der Waals surface area contributed by atoms with E-state index in [2.05, 4.69) is 15.8 Å². The number of hydrogen-bond acceptors (Lipinski definition) is 5. The van der Waals surface area contributed by atoms with Gasteiger partial charge < -0.3 is 14.8 Å². The Bertz CT molecular complexity index is 878. The van der Waals surface area contributed by atoms with Crippen molar-refractivity contribution in [2.45, 2.75) is 26.7 Å². The number of nitrogens with zero attached hydrogens (tertiary/aromatic N) is 1. The van der Waals surface area contributed by atoms with Gasteiger partial charge in [-0.3, -0.25) is 9.59 Å². The minimum atomic E-state index is -0.340. The Hall–Kier alpha value is -3.35. The molecule has 2 amide bonds. The zero-order valence-corrected chi connectivity index (χ0v) is 16.5. The van der Waals surface area contributed by atoms with Gasteiger partial charge in [0, 0.05) is 18.5 Å². The molecule has 7 nitrogen and oxygen atoms in total. The zero-order valence-electron chi connectivity index (χ0n) is 16.5. The fourth-order valence-corrected chi connectivity index (χ4v) is 2.49. The van der Waals surface area contributed by atoms with Gasteiger partial charge in [-0.25, -0.2) is 5.43 Å². The summed E-state index contributed by atoms with van der Waals surface area (Å²) in [5, 5.41) is 6.74. The molecule has 0 heterocycles. The van der Waals surface area contributed by atoms with Crippen LogP contribution in [0.2, 0.25) is 0 Å². The monoisotopic (exact) mass is 383 g/mol. The quantitative estimate of drug-likeness (QED) is 0.541. The number of ether oxygens (including phenoxy) is 2. The van der Waals surface area contributed by atoms with Crippen LogP contribution in [0.25, 0.3) is 0 Å². The van der Waals surface area contributed by atoms with Gasteiger partial charge in [0.1, 0.15) is 0 Å². The molecule has 0 aromatic heterocycles. The normalized spacial score (nSPS) is 10.6. The van der Waals surface area contributed by atoms with Crippen molar-refractivity contribution in [1.82, 2.24) is 5.43 Å². The van der Waals surface area contributed by atoms with E-state index in [0.29, 0.717) is 11.5 Å². The Balaban J connectivity index is 1.81. The Kier molecular flexibility index (Phi) is 7.56. The number of hydrazone groups is 1. The number of nitrogens with one attached hydrogen (secondary N) is 2. The number of rotatable bonds is 8. The molecule has 0 saturated heterocycles.